The quantitative estimate of drug-likeness (QED) is 0.912. The van der Waals surface area contributed by atoms with E-state index < -0.39 is 5.97 Å². The van der Waals surface area contributed by atoms with Gasteiger partial charge in [0.15, 0.2) is 0 Å². The van der Waals surface area contributed by atoms with Crippen molar-refractivity contribution in [1.29, 1.82) is 0 Å². The van der Waals surface area contributed by atoms with E-state index >= 15 is 0 Å². The molecular formula is C17H21NO2. The summed E-state index contributed by atoms with van der Waals surface area (Å²) in [6.45, 7) is 8.03. The van der Waals surface area contributed by atoms with Gasteiger partial charge in [0, 0.05) is 11.1 Å². The molecule has 0 aliphatic rings. The molecule has 3 heteroatoms. The molecule has 0 unspecified atom stereocenters. The van der Waals surface area contributed by atoms with Gasteiger partial charge < -0.3 is 5.11 Å². The van der Waals surface area contributed by atoms with Crippen molar-refractivity contribution in [3.05, 3.63) is 40.1 Å². The second-order valence-corrected chi connectivity index (χ2v) is 5.24. The van der Waals surface area contributed by atoms with E-state index in [0.717, 1.165) is 46.1 Å². The van der Waals surface area contributed by atoms with Crippen molar-refractivity contribution in [3.8, 4) is 0 Å². The van der Waals surface area contributed by atoms with Gasteiger partial charge in [0.25, 0.3) is 0 Å². The zero-order valence-electron chi connectivity index (χ0n) is 12.6. The monoisotopic (exact) mass is 271 g/mol. The molecular weight excluding hydrogens is 250 g/mol. The first-order valence-corrected chi connectivity index (χ1v) is 7.16. The Kier molecular flexibility index (Phi) is 4.07. The average Bonchev–Trinajstić information content (AvgIpc) is 2.42. The molecule has 0 saturated heterocycles. The molecule has 0 atom stereocenters. The Bertz CT molecular complexity index is 674. The summed E-state index contributed by atoms with van der Waals surface area (Å²) in [5, 5.41) is 10.5. The second kappa shape index (κ2) is 5.61. The number of pyridine rings is 1. The van der Waals surface area contributed by atoms with E-state index in [2.05, 4.69) is 6.92 Å². The Morgan fingerprint density at radius 2 is 1.85 bits per heavy atom. The molecule has 2 rings (SSSR count). The van der Waals surface area contributed by atoms with Crippen LogP contribution < -0.4 is 0 Å². The number of rotatable bonds is 4. The molecule has 1 N–H and O–H groups in total. The molecule has 0 fully saturated rings. The summed E-state index contributed by atoms with van der Waals surface area (Å²) >= 11 is 0. The fourth-order valence-corrected chi connectivity index (χ4v) is 2.81. The predicted molar refractivity (Wildman–Crippen MR) is 81.5 cm³/mol. The number of carboxylic acids is 1. The first kappa shape index (κ1) is 14.5. The number of hydrogen-bond acceptors (Lipinski definition) is 2. The maximum Gasteiger partial charge on any atom is 0.336 e. The minimum atomic E-state index is -0.847. The van der Waals surface area contributed by atoms with E-state index in [4.69, 9.17) is 4.98 Å². The number of carboxylic acid groups (broad SMARTS) is 1. The maximum absolute atomic E-state index is 11.8. The molecule has 0 aliphatic carbocycles. The Morgan fingerprint density at radius 3 is 2.40 bits per heavy atom. The molecule has 0 saturated carbocycles. The summed E-state index contributed by atoms with van der Waals surface area (Å²) in [4.78, 5) is 16.6. The van der Waals surface area contributed by atoms with Crippen LogP contribution in [0.4, 0.5) is 0 Å². The van der Waals surface area contributed by atoms with Crippen molar-refractivity contribution in [1.82, 2.24) is 4.98 Å². The lowest BCUT2D eigenvalue weighted by Gasteiger charge is -2.16. The summed E-state index contributed by atoms with van der Waals surface area (Å²) in [6, 6.07) is 3.99. The SMILES string of the molecule is CCCc1nc2c(C)ccc(C)c2c(C(=O)O)c1CC. The summed E-state index contributed by atoms with van der Waals surface area (Å²) in [6.07, 6.45) is 2.50. The zero-order valence-corrected chi connectivity index (χ0v) is 12.6. The van der Waals surface area contributed by atoms with E-state index in [-0.39, 0.29) is 0 Å². The molecule has 0 bridgehead atoms. The van der Waals surface area contributed by atoms with Gasteiger partial charge in [0.1, 0.15) is 0 Å². The van der Waals surface area contributed by atoms with Crippen LogP contribution in [-0.2, 0) is 12.8 Å². The van der Waals surface area contributed by atoms with Crippen molar-refractivity contribution in [2.45, 2.75) is 47.0 Å². The smallest absolute Gasteiger partial charge is 0.336 e. The van der Waals surface area contributed by atoms with Crippen molar-refractivity contribution < 1.29 is 9.90 Å². The summed E-state index contributed by atoms with van der Waals surface area (Å²) < 4.78 is 0. The number of benzene rings is 1. The highest BCUT2D eigenvalue weighted by atomic mass is 16.4. The van der Waals surface area contributed by atoms with Crippen molar-refractivity contribution in [2.75, 3.05) is 0 Å². The third-order valence-corrected chi connectivity index (χ3v) is 3.79. The first-order chi connectivity index (χ1) is 9.51. The molecule has 1 aromatic heterocycles. The third kappa shape index (κ3) is 2.28. The van der Waals surface area contributed by atoms with Crippen LogP contribution in [0.5, 0.6) is 0 Å². The van der Waals surface area contributed by atoms with Gasteiger partial charge in [-0.3, -0.25) is 4.98 Å². The summed E-state index contributed by atoms with van der Waals surface area (Å²) in [7, 11) is 0. The van der Waals surface area contributed by atoms with Crippen LogP contribution >= 0.6 is 0 Å². The highest BCUT2D eigenvalue weighted by molar-refractivity contribution is 6.06. The first-order valence-electron chi connectivity index (χ1n) is 7.16. The normalized spacial score (nSPS) is 11.0. The van der Waals surface area contributed by atoms with Crippen LogP contribution in [0.25, 0.3) is 10.9 Å². The molecule has 3 nitrogen and oxygen atoms in total. The lowest BCUT2D eigenvalue weighted by atomic mass is 9.93. The molecule has 2 aromatic rings. The average molecular weight is 271 g/mol. The topological polar surface area (TPSA) is 50.2 Å². The minimum absolute atomic E-state index is 0.446. The van der Waals surface area contributed by atoms with Crippen LogP contribution in [0.1, 0.15) is 53.0 Å². The number of aryl methyl sites for hydroxylation is 3. The molecule has 1 heterocycles. The highest BCUT2D eigenvalue weighted by Gasteiger charge is 2.20. The van der Waals surface area contributed by atoms with E-state index in [1.165, 1.54) is 0 Å². The van der Waals surface area contributed by atoms with Gasteiger partial charge in [-0.15, -0.1) is 0 Å². The Balaban J connectivity index is 2.98. The van der Waals surface area contributed by atoms with Crippen LogP contribution in [0, 0.1) is 13.8 Å². The van der Waals surface area contributed by atoms with Crippen LogP contribution in [0.2, 0.25) is 0 Å². The van der Waals surface area contributed by atoms with E-state index in [1.54, 1.807) is 0 Å². The van der Waals surface area contributed by atoms with Crippen LogP contribution in [0.3, 0.4) is 0 Å². The highest BCUT2D eigenvalue weighted by Crippen LogP contribution is 2.29. The number of hydrogen-bond donors (Lipinski definition) is 1. The third-order valence-electron chi connectivity index (χ3n) is 3.79. The lowest BCUT2D eigenvalue weighted by Crippen LogP contribution is -2.10. The maximum atomic E-state index is 11.8. The largest absolute Gasteiger partial charge is 0.478 e. The predicted octanol–water partition coefficient (Wildman–Crippen LogP) is 4.06. The van der Waals surface area contributed by atoms with Gasteiger partial charge in [-0.2, -0.15) is 0 Å². The van der Waals surface area contributed by atoms with Gasteiger partial charge in [-0.25, -0.2) is 4.79 Å². The molecule has 106 valence electrons. The number of carbonyl (C=O) groups is 1. The van der Waals surface area contributed by atoms with Crippen LogP contribution in [-0.4, -0.2) is 16.1 Å². The van der Waals surface area contributed by atoms with Crippen molar-refractivity contribution in [2.24, 2.45) is 0 Å². The number of fused-ring (bicyclic) bond motifs is 1. The fourth-order valence-electron chi connectivity index (χ4n) is 2.81. The van der Waals surface area contributed by atoms with Gasteiger partial charge in [0.05, 0.1) is 11.1 Å². The summed E-state index contributed by atoms with van der Waals surface area (Å²) in [5.74, 6) is -0.847. The Hall–Kier alpha value is -1.90. The molecule has 20 heavy (non-hydrogen) atoms. The standard InChI is InChI=1S/C17H21NO2/c1-5-7-13-12(6-2)15(17(19)20)14-10(3)8-9-11(4)16(14)18-13/h8-9H,5-7H2,1-4H3,(H,19,20). The fraction of sp³-hybridized carbons (Fsp3) is 0.412. The van der Waals surface area contributed by atoms with Gasteiger partial charge in [-0.1, -0.05) is 32.4 Å². The molecule has 1 aromatic carbocycles. The second-order valence-electron chi connectivity index (χ2n) is 5.24. The van der Waals surface area contributed by atoms with Crippen molar-refractivity contribution >= 4 is 16.9 Å². The van der Waals surface area contributed by atoms with E-state index in [0.29, 0.717) is 12.0 Å². The molecule has 0 aliphatic heterocycles. The molecule has 0 amide bonds. The van der Waals surface area contributed by atoms with Gasteiger partial charge >= 0.3 is 5.97 Å². The Labute approximate surface area is 119 Å². The molecule has 0 radical (unpaired) electrons. The summed E-state index contributed by atoms with van der Waals surface area (Å²) in [5.41, 5.74) is 5.13. The van der Waals surface area contributed by atoms with Crippen molar-refractivity contribution in [3.63, 3.8) is 0 Å². The van der Waals surface area contributed by atoms with E-state index in [1.807, 2.05) is 32.9 Å². The number of aromatic carboxylic acids is 1. The van der Waals surface area contributed by atoms with Crippen LogP contribution in [0.15, 0.2) is 12.1 Å². The van der Waals surface area contributed by atoms with Gasteiger partial charge in [-0.05, 0) is 43.4 Å². The van der Waals surface area contributed by atoms with Gasteiger partial charge in [0.2, 0.25) is 0 Å². The van der Waals surface area contributed by atoms with E-state index in [9.17, 15) is 9.90 Å². The Morgan fingerprint density at radius 1 is 1.20 bits per heavy atom. The minimum Gasteiger partial charge on any atom is -0.478 e. The number of nitrogens with zero attached hydrogens (tertiary/aromatic N) is 1. The lowest BCUT2D eigenvalue weighted by molar-refractivity contribution is 0.0697. The zero-order chi connectivity index (χ0) is 14.9. The number of aromatic nitrogens is 1. The molecule has 0 spiro atoms.